The molecule has 0 saturated heterocycles. The maximum absolute atomic E-state index is 12.3. The van der Waals surface area contributed by atoms with Gasteiger partial charge < -0.3 is 4.98 Å². The van der Waals surface area contributed by atoms with Gasteiger partial charge in [0.1, 0.15) is 22.4 Å². The number of hydrogen-bond acceptors (Lipinski definition) is 5. The van der Waals surface area contributed by atoms with Crippen molar-refractivity contribution < 1.29 is 4.21 Å². The lowest BCUT2D eigenvalue weighted by Crippen LogP contribution is -1.94. The van der Waals surface area contributed by atoms with Crippen LogP contribution < -0.4 is 0 Å². The van der Waals surface area contributed by atoms with Gasteiger partial charge in [-0.15, -0.1) is 0 Å². The molecule has 92 valence electrons. The first-order chi connectivity index (χ1) is 9.28. The third-order valence-corrected chi connectivity index (χ3v) is 3.70. The van der Waals surface area contributed by atoms with Crippen LogP contribution in [0.25, 0.3) is 11.2 Å². The number of nitrogens with one attached hydrogen (secondary N) is 1. The maximum Gasteiger partial charge on any atom is 0.234 e. The molecule has 3 rings (SSSR count). The molecule has 0 saturated carbocycles. The van der Waals surface area contributed by atoms with Crippen LogP contribution in [0.4, 0.5) is 0 Å². The van der Waals surface area contributed by atoms with Crippen molar-refractivity contribution in [2.75, 3.05) is 0 Å². The zero-order chi connectivity index (χ0) is 13.2. The minimum absolute atomic E-state index is 0.0380. The van der Waals surface area contributed by atoms with Gasteiger partial charge in [-0.2, -0.15) is 15.2 Å². The molecule has 2 heterocycles. The summed E-state index contributed by atoms with van der Waals surface area (Å²) in [5.41, 5.74) is 0.893. The fourth-order valence-electron chi connectivity index (χ4n) is 1.58. The van der Waals surface area contributed by atoms with Crippen molar-refractivity contribution in [2.45, 2.75) is 10.1 Å². The molecule has 2 aromatic heterocycles. The number of rotatable bonds is 2. The Bertz CT molecular complexity index is 806. The van der Waals surface area contributed by atoms with Crippen molar-refractivity contribution in [3.8, 4) is 6.07 Å². The summed E-state index contributed by atoms with van der Waals surface area (Å²) >= 11 is 0. The summed E-state index contributed by atoms with van der Waals surface area (Å²) in [4.78, 5) is 15.5. The molecule has 0 aliphatic carbocycles. The predicted octanol–water partition coefficient (Wildman–Crippen LogP) is 1.39. The SMILES string of the molecule is N#Cc1ncc2[nH]c(S(=O)c3ccccc3)nc2n1. The van der Waals surface area contributed by atoms with E-state index in [0.29, 0.717) is 21.2 Å². The standard InChI is InChI=1S/C12H7N5OS/c13-6-10-14-7-9-11(16-10)17-12(15-9)19(18)8-4-2-1-3-5-8/h1-5,7H,(H,14,15,16,17). The Morgan fingerprint density at radius 2 is 2.00 bits per heavy atom. The molecular formula is C12H7N5OS. The molecule has 6 nitrogen and oxygen atoms in total. The minimum atomic E-state index is -1.41. The molecule has 0 bridgehead atoms. The molecule has 0 fully saturated rings. The summed E-state index contributed by atoms with van der Waals surface area (Å²) in [7, 11) is -1.41. The van der Waals surface area contributed by atoms with Gasteiger partial charge in [0.15, 0.2) is 5.65 Å². The van der Waals surface area contributed by atoms with E-state index in [2.05, 4.69) is 19.9 Å². The lowest BCUT2D eigenvalue weighted by molar-refractivity contribution is 0.678. The highest BCUT2D eigenvalue weighted by Crippen LogP contribution is 2.16. The number of nitriles is 1. The van der Waals surface area contributed by atoms with E-state index in [1.165, 1.54) is 6.20 Å². The van der Waals surface area contributed by atoms with E-state index in [-0.39, 0.29) is 5.82 Å². The van der Waals surface area contributed by atoms with E-state index in [9.17, 15) is 4.21 Å². The molecule has 1 unspecified atom stereocenters. The lowest BCUT2D eigenvalue weighted by Gasteiger charge is -1.96. The van der Waals surface area contributed by atoms with E-state index in [1.54, 1.807) is 12.1 Å². The highest BCUT2D eigenvalue weighted by Gasteiger charge is 2.13. The number of aromatic amines is 1. The Hall–Kier alpha value is -2.59. The lowest BCUT2D eigenvalue weighted by atomic mass is 10.4. The van der Waals surface area contributed by atoms with Crippen molar-refractivity contribution >= 4 is 22.0 Å². The van der Waals surface area contributed by atoms with Crippen molar-refractivity contribution in [3.63, 3.8) is 0 Å². The average Bonchev–Trinajstić information content (AvgIpc) is 2.90. The monoisotopic (exact) mass is 269 g/mol. The smallest absolute Gasteiger partial charge is 0.234 e. The Morgan fingerprint density at radius 1 is 1.21 bits per heavy atom. The summed E-state index contributed by atoms with van der Waals surface area (Å²) in [6.07, 6.45) is 1.46. The second-order valence-corrected chi connectivity index (χ2v) is 5.06. The molecule has 0 aliphatic heterocycles. The molecule has 1 aromatic carbocycles. The largest absolute Gasteiger partial charge is 0.328 e. The zero-order valence-electron chi connectivity index (χ0n) is 9.57. The van der Waals surface area contributed by atoms with Gasteiger partial charge in [-0.05, 0) is 12.1 Å². The predicted molar refractivity (Wildman–Crippen MR) is 67.5 cm³/mol. The molecule has 0 radical (unpaired) electrons. The van der Waals surface area contributed by atoms with Crippen LogP contribution >= 0.6 is 0 Å². The third kappa shape index (κ3) is 2.09. The van der Waals surface area contributed by atoms with Crippen molar-refractivity contribution in [1.82, 2.24) is 19.9 Å². The van der Waals surface area contributed by atoms with E-state index in [0.717, 1.165) is 0 Å². The average molecular weight is 269 g/mol. The summed E-state index contributed by atoms with van der Waals surface area (Å²) in [5, 5.41) is 9.01. The number of fused-ring (bicyclic) bond motifs is 1. The highest BCUT2D eigenvalue weighted by atomic mass is 32.2. The van der Waals surface area contributed by atoms with Crippen LogP contribution in [-0.4, -0.2) is 24.1 Å². The van der Waals surface area contributed by atoms with Gasteiger partial charge in [0.05, 0.1) is 6.20 Å². The molecule has 0 amide bonds. The normalized spacial score (nSPS) is 12.2. The van der Waals surface area contributed by atoms with E-state index < -0.39 is 10.8 Å². The van der Waals surface area contributed by atoms with Gasteiger partial charge >= 0.3 is 0 Å². The van der Waals surface area contributed by atoms with Crippen LogP contribution in [0.5, 0.6) is 0 Å². The zero-order valence-corrected chi connectivity index (χ0v) is 10.4. The molecule has 0 aliphatic rings. The molecule has 1 atom stereocenters. The summed E-state index contributed by atoms with van der Waals surface area (Å²) in [6, 6.07) is 10.8. The van der Waals surface area contributed by atoms with Crippen LogP contribution in [-0.2, 0) is 10.8 Å². The van der Waals surface area contributed by atoms with Gasteiger partial charge in [-0.1, -0.05) is 18.2 Å². The number of hydrogen-bond donors (Lipinski definition) is 1. The van der Waals surface area contributed by atoms with E-state index in [4.69, 9.17) is 5.26 Å². The Labute approximate surface area is 110 Å². The summed E-state index contributed by atoms with van der Waals surface area (Å²) in [5.74, 6) is 0.0380. The van der Waals surface area contributed by atoms with Crippen LogP contribution in [0.3, 0.4) is 0 Å². The maximum atomic E-state index is 12.3. The first kappa shape index (κ1) is 11.5. The quantitative estimate of drug-likeness (QED) is 0.758. The number of imidazole rings is 1. The first-order valence-electron chi connectivity index (χ1n) is 5.37. The first-order valence-corrected chi connectivity index (χ1v) is 6.52. The van der Waals surface area contributed by atoms with Crippen LogP contribution in [0.1, 0.15) is 5.82 Å². The molecular weight excluding hydrogens is 262 g/mol. The van der Waals surface area contributed by atoms with Gasteiger partial charge in [0.2, 0.25) is 11.0 Å². The second-order valence-electron chi connectivity index (χ2n) is 3.67. The fourth-order valence-corrected chi connectivity index (χ4v) is 2.58. The number of nitrogens with zero attached hydrogens (tertiary/aromatic N) is 4. The topological polar surface area (TPSA) is 95.3 Å². The summed E-state index contributed by atoms with van der Waals surface area (Å²) < 4.78 is 12.3. The molecule has 7 heteroatoms. The number of aromatic nitrogens is 4. The van der Waals surface area contributed by atoms with Crippen molar-refractivity contribution in [1.29, 1.82) is 5.26 Å². The van der Waals surface area contributed by atoms with Crippen LogP contribution in [0.2, 0.25) is 0 Å². The Balaban J connectivity index is 2.07. The van der Waals surface area contributed by atoms with Crippen LogP contribution in [0, 0.1) is 11.3 Å². The molecule has 1 N–H and O–H groups in total. The molecule has 19 heavy (non-hydrogen) atoms. The number of H-pyrrole nitrogens is 1. The van der Waals surface area contributed by atoms with E-state index >= 15 is 0 Å². The summed E-state index contributed by atoms with van der Waals surface area (Å²) in [6.45, 7) is 0. The van der Waals surface area contributed by atoms with Gasteiger partial charge in [-0.3, -0.25) is 0 Å². The van der Waals surface area contributed by atoms with Crippen LogP contribution in [0.15, 0.2) is 46.6 Å². The second kappa shape index (κ2) is 4.59. The molecule has 0 spiro atoms. The van der Waals surface area contributed by atoms with Gasteiger partial charge in [-0.25, -0.2) is 9.19 Å². The van der Waals surface area contributed by atoms with E-state index in [1.807, 2.05) is 24.3 Å². The van der Waals surface area contributed by atoms with Crippen molar-refractivity contribution in [2.24, 2.45) is 0 Å². The highest BCUT2D eigenvalue weighted by molar-refractivity contribution is 7.85. The van der Waals surface area contributed by atoms with Gasteiger partial charge in [0.25, 0.3) is 0 Å². The van der Waals surface area contributed by atoms with Gasteiger partial charge in [0, 0.05) is 4.90 Å². The third-order valence-electron chi connectivity index (χ3n) is 2.45. The van der Waals surface area contributed by atoms with Crippen molar-refractivity contribution in [3.05, 3.63) is 42.4 Å². The fraction of sp³-hybridized carbons (Fsp3) is 0. The minimum Gasteiger partial charge on any atom is -0.328 e. The Kier molecular flexibility index (Phi) is 2.78. The number of benzene rings is 1. The Morgan fingerprint density at radius 3 is 2.74 bits per heavy atom. The molecule has 3 aromatic rings.